The van der Waals surface area contributed by atoms with Crippen molar-refractivity contribution in [3.8, 4) is 11.3 Å². The maximum Gasteiger partial charge on any atom is 0.255 e. The van der Waals surface area contributed by atoms with Gasteiger partial charge in [-0.1, -0.05) is 23.7 Å². The fourth-order valence-electron chi connectivity index (χ4n) is 2.51. The molecule has 1 aromatic carbocycles. The summed E-state index contributed by atoms with van der Waals surface area (Å²) >= 11 is 6.08. The van der Waals surface area contributed by atoms with Gasteiger partial charge in [-0.25, -0.2) is 4.98 Å². The smallest absolute Gasteiger partial charge is 0.255 e. The molecule has 1 saturated carbocycles. The normalized spacial score (nSPS) is 13.5. The van der Waals surface area contributed by atoms with Crippen LogP contribution in [0.1, 0.15) is 23.2 Å². The molecule has 132 valence electrons. The molecule has 6 heteroatoms. The predicted molar refractivity (Wildman–Crippen MR) is 100 cm³/mol. The molecule has 1 heterocycles. The van der Waals surface area contributed by atoms with Gasteiger partial charge in [0, 0.05) is 30.8 Å². The van der Waals surface area contributed by atoms with Crippen LogP contribution < -0.4 is 10.6 Å². The second-order valence-corrected chi connectivity index (χ2v) is 6.61. The van der Waals surface area contributed by atoms with Gasteiger partial charge in [0.05, 0.1) is 17.9 Å². The lowest BCUT2D eigenvalue weighted by Gasteiger charge is -2.13. The number of benzene rings is 1. The van der Waals surface area contributed by atoms with E-state index in [0.29, 0.717) is 35.5 Å². The predicted octanol–water partition coefficient (Wildman–Crippen LogP) is 3.60. The third-order valence-electron chi connectivity index (χ3n) is 4.11. The number of pyridine rings is 1. The van der Waals surface area contributed by atoms with Gasteiger partial charge >= 0.3 is 0 Å². The van der Waals surface area contributed by atoms with Gasteiger partial charge in [-0.3, -0.25) is 4.79 Å². The zero-order valence-corrected chi connectivity index (χ0v) is 15.0. The maximum atomic E-state index is 12.4. The summed E-state index contributed by atoms with van der Waals surface area (Å²) in [6, 6.07) is 11.2. The molecular formula is C19H22ClN3O2. The number of amides is 1. The minimum absolute atomic E-state index is 0.152. The SMILES string of the molecule is COCCNC(=O)c1ccc(-c2cccc(Cl)c2)nc1NCC1CC1. The fraction of sp³-hybridized carbons (Fsp3) is 0.368. The van der Waals surface area contributed by atoms with Crippen LogP contribution in [-0.4, -0.2) is 37.7 Å². The quantitative estimate of drug-likeness (QED) is 0.707. The van der Waals surface area contributed by atoms with E-state index in [1.165, 1.54) is 12.8 Å². The van der Waals surface area contributed by atoms with Crippen molar-refractivity contribution in [3.63, 3.8) is 0 Å². The van der Waals surface area contributed by atoms with E-state index in [9.17, 15) is 4.79 Å². The van der Waals surface area contributed by atoms with Crippen LogP contribution in [0.2, 0.25) is 5.02 Å². The number of nitrogens with zero attached hydrogens (tertiary/aromatic N) is 1. The molecule has 1 aliphatic rings. The Hall–Kier alpha value is -2.11. The molecule has 0 aliphatic heterocycles. The molecule has 1 fully saturated rings. The molecule has 0 saturated heterocycles. The molecule has 1 amide bonds. The van der Waals surface area contributed by atoms with Crippen molar-refractivity contribution in [3.05, 3.63) is 47.0 Å². The lowest BCUT2D eigenvalue weighted by atomic mass is 10.1. The highest BCUT2D eigenvalue weighted by Gasteiger charge is 2.22. The number of rotatable bonds is 8. The van der Waals surface area contributed by atoms with Gasteiger partial charge in [0.15, 0.2) is 0 Å². The number of hydrogen-bond donors (Lipinski definition) is 2. The lowest BCUT2D eigenvalue weighted by molar-refractivity contribution is 0.0937. The number of methoxy groups -OCH3 is 1. The zero-order chi connectivity index (χ0) is 17.6. The van der Waals surface area contributed by atoms with E-state index in [-0.39, 0.29) is 5.91 Å². The number of halogens is 1. The van der Waals surface area contributed by atoms with E-state index < -0.39 is 0 Å². The van der Waals surface area contributed by atoms with Gasteiger partial charge in [-0.2, -0.15) is 0 Å². The minimum atomic E-state index is -0.152. The molecule has 0 atom stereocenters. The molecule has 3 rings (SSSR count). The van der Waals surface area contributed by atoms with Gasteiger partial charge in [0.1, 0.15) is 5.82 Å². The van der Waals surface area contributed by atoms with Crippen LogP contribution in [0.15, 0.2) is 36.4 Å². The van der Waals surface area contributed by atoms with Gasteiger partial charge in [-0.05, 0) is 43.0 Å². The standard InChI is InChI=1S/C19H22ClN3O2/c1-25-10-9-21-19(24)16-7-8-17(14-3-2-4-15(20)11-14)23-18(16)22-12-13-5-6-13/h2-4,7-8,11,13H,5-6,9-10,12H2,1H3,(H,21,24)(H,22,23). The van der Waals surface area contributed by atoms with Crippen LogP contribution in [0.25, 0.3) is 11.3 Å². The average Bonchev–Trinajstić information content (AvgIpc) is 3.44. The van der Waals surface area contributed by atoms with Crippen molar-refractivity contribution >= 4 is 23.3 Å². The lowest BCUT2D eigenvalue weighted by Crippen LogP contribution is -2.28. The van der Waals surface area contributed by atoms with Crippen LogP contribution in [0.4, 0.5) is 5.82 Å². The third kappa shape index (κ3) is 4.94. The second-order valence-electron chi connectivity index (χ2n) is 6.18. The Kier molecular flexibility index (Phi) is 5.89. The number of hydrogen-bond acceptors (Lipinski definition) is 4. The number of carbonyl (C=O) groups is 1. The molecule has 25 heavy (non-hydrogen) atoms. The van der Waals surface area contributed by atoms with Gasteiger partial charge in [-0.15, -0.1) is 0 Å². The summed E-state index contributed by atoms with van der Waals surface area (Å²) in [6.07, 6.45) is 2.46. The Morgan fingerprint density at radius 1 is 1.32 bits per heavy atom. The molecule has 2 aromatic rings. The largest absolute Gasteiger partial charge is 0.383 e. The number of ether oxygens (including phenoxy) is 1. The molecular weight excluding hydrogens is 338 g/mol. The Bertz CT molecular complexity index is 747. The molecule has 1 aromatic heterocycles. The monoisotopic (exact) mass is 359 g/mol. The minimum Gasteiger partial charge on any atom is -0.383 e. The summed E-state index contributed by atoms with van der Waals surface area (Å²) in [5.74, 6) is 1.14. The highest BCUT2D eigenvalue weighted by molar-refractivity contribution is 6.30. The molecule has 1 aliphatic carbocycles. The highest BCUT2D eigenvalue weighted by atomic mass is 35.5. The van der Waals surface area contributed by atoms with Crippen molar-refractivity contribution in [2.24, 2.45) is 5.92 Å². The molecule has 0 spiro atoms. The number of nitrogens with one attached hydrogen (secondary N) is 2. The second kappa shape index (κ2) is 8.32. The molecule has 2 N–H and O–H groups in total. The van der Waals surface area contributed by atoms with E-state index in [4.69, 9.17) is 16.3 Å². The maximum absolute atomic E-state index is 12.4. The van der Waals surface area contributed by atoms with Crippen molar-refractivity contribution < 1.29 is 9.53 Å². The first kappa shape index (κ1) is 17.7. The van der Waals surface area contributed by atoms with Gasteiger partial charge in [0.2, 0.25) is 0 Å². The van der Waals surface area contributed by atoms with Crippen LogP contribution in [0.5, 0.6) is 0 Å². The topological polar surface area (TPSA) is 63.2 Å². The summed E-state index contributed by atoms with van der Waals surface area (Å²) in [5, 5.41) is 6.84. The molecule has 5 nitrogen and oxygen atoms in total. The summed E-state index contributed by atoms with van der Waals surface area (Å²) in [7, 11) is 1.61. The fourth-order valence-corrected chi connectivity index (χ4v) is 2.70. The molecule has 0 unspecified atom stereocenters. The number of anilines is 1. The zero-order valence-electron chi connectivity index (χ0n) is 14.2. The number of aromatic nitrogens is 1. The Morgan fingerprint density at radius 3 is 2.88 bits per heavy atom. The Labute approximate surface area is 152 Å². The average molecular weight is 360 g/mol. The first-order chi connectivity index (χ1) is 12.2. The van der Waals surface area contributed by atoms with Crippen LogP contribution >= 0.6 is 11.6 Å². The van der Waals surface area contributed by atoms with Crippen LogP contribution in [0, 0.1) is 5.92 Å². The van der Waals surface area contributed by atoms with E-state index in [1.54, 1.807) is 13.2 Å². The molecule has 0 radical (unpaired) electrons. The van der Waals surface area contributed by atoms with E-state index in [1.807, 2.05) is 30.3 Å². The Morgan fingerprint density at radius 2 is 2.16 bits per heavy atom. The van der Waals surface area contributed by atoms with Crippen molar-refractivity contribution in [1.82, 2.24) is 10.3 Å². The van der Waals surface area contributed by atoms with E-state index >= 15 is 0 Å². The highest BCUT2D eigenvalue weighted by Crippen LogP contribution is 2.30. The van der Waals surface area contributed by atoms with Crippen molar-refractivity contribution in [2.45, 2.75) is 12.8 Å². The summed E-state index contributed by atoms with van der Waals surface area (Å²) < 4.78 is 4.98. The first-order valence-electron chi connectivity index (χ1n) is 8.45. The number of carbonyl (C=O) groups excluding carboxylic acids is 1. The van der Waals surface area contributed by atoms with Gasteiger partial charge < -0.3 is 15.4 Å². The van der Waals surface area contributed by atoms with Gasteiger partial charge in [0.25, 0.3) is 5.91 Å². The van der Waals surface area contributed by atoms with Crippen molar-refractivity contribution in [1.29, 1.82) is 0 Å². The summed E-state index contributed by atoms with van der Waals surface area (Å²) in [5.41, 5.74) is 2.25. The summed E-state index contributed by atoms with van der Waals surface area (Å²) in [4.78, 5) is 17.1. The van der Waals surface area contributed by atoms with Crippen LogP contribution in [-0.2, 0) is 4.74 Å². The van der Waals surface area contributed by atoms with Crippen molar-refractivity contribution in [2.75, 3.05) is 32.1 Å². The first-order valence-corrected chi connectivity index (χ1v) is 8.83. The molecule has 0 bridgehead atoms. The van der Waals surface area contributed by atoms with E-state index in [0.717, 1.165) is 17.8 Å². The van der Waals surface area contributed by atoms with Crippen LogP contribution in [0.3, 0.4) is 0 Å². The third-order valence-corrected chi connectivity index (χ3v) is 4.34. The Balaban J connectivity index is 1.84. The summed E-state index contributed by atoms with van der Waals surface area (Å²) in [6.45, 7) is 1.78. The van der Waals surface area contributed by atoms with E-state index in [2.05, 4.69) is 15.6 Å².